The molecule has 5 nitrogen and oxygen atoms in total. The van der Waals surface area contributed by atoms with Crippen LogP contribution < -0.4 is 10.6 Å². The highest BCUT2D eigenvalue weighted by Crippen LogP contribution is 2.22. The van der Waals surface area contributed by atoms with E-state index in [0.717, 1.165) is 43.2 Å². The zero-order valence-corrected chi connectivity index (χ0v) is 17.2. The Labute approximate surface area is 160 Å². The number of hydrogen-bond acceptors (Lipinski definition) is 3. The van der Waals surface area contributed by atoms with Crippen LogP contribution >= 0.6 is 15.9 Å². The van der Waals surface area contributed by atoms with Crippen LogP contribution in [-0.2, 0) is 4.74 Å². The van der Waals surface area contributed by atoms with Gasteiger partial charge in [0, 0.05) is 31.7 Å². The quantitative estimate of drug-likeness (QED) is 0.535. The van der Waals surface area contributed by atoms with Crippen LogP contribution in [0.3, 0.4) is 0 Å². The molecule has 1 fully saturated rings. The zero-order valence-electron chi connectivity index (χ0n) is 15.6. The molecule has 1 aromatic rings. The van der Waals surface area contributed by atoms with E-state index in [9.17, 15) is 0 Å². The lowest BCUT2D eigenvalue weighted by atomic mass is 9.97. The number of aliphatic imine (C=N–C) groups is 1. The minimum absolute atomic E-state index is 0.192. The van der Waals surface area contributed by atoms with Crippen LogP contribution in [0.1, 0.15) is 31.4 Å². The van der Waals surface area contributed by atoms with Gasteiger partial charge in [0.25, 0.3) is 0 Å². The molecule has 1 atom stereocenters. The Morgan fingerprint density at radius 2 is 2.08 bits per heavy atom. The highest BCUT2D eigenvalue weighted by atomic mass is 79.9. The zero-order chi connectivity index (χ0) is 18.1. The number of guanidine groups is 1. The van der Waals surface area contributed by atoms with Crippen molar-refractivity contribution in [3.05, 3.63) is 34.3 Å². The van der Waals surface area contributed by atoms with E-state index in [1.165, 1.54) is 18.4 Å². The van der Waals surface area contributed by atoms with Gasteiger partial charge in [0.1, 0.15) is 0 Å². The summed E-state index contributed by atoms with van der Waals surface area (Å²) in [5.74, 6) is 1.57. The summed E-state index contributed by atoms with van der Waals surface area (Å²) in [5.41, 5.74) is 1.23. The minimum Gasteiger partial charge on any atom is -0.383 e. The van der Waals surface area contributed by atoms with E-state index in [2.05, 4.69) is 61.6 Å². The Balaban J connectivity index is 1.75. The van der Waals surface area contributed by atoms with Gasteiger partial charge < -0.3 is 20.3 Å². The maximum absolute atomic E-state index is 5.17. The third kappa shape index (κ3) is 6.60. The fourth-order valence-corrected chi connectivity index (χ4v) is 3.81. The molecule has 0 spiro atoms. The second-order valence-electron chi connectivity index (χ2n) is 6.62. The van der Waals surface area contributed by atoms with Gasteiger partial charge in [0.05, 0.1) is 12.6 Å². The molecular weight excluding hydrogens is 380 g/mol. The van der Waals surface area contributed by atoms with E-state index in [4.69, 9.17) is 4.74 Å². The summed E-state index contributed by atoms with van der Waals surface area (Å²) in [6, 6.07) is 8.49. The van der Waals surface area contributed by atoms with Gasteiger partial charge in [0.15, 0.2) is 5.96 Å². The SMILES string of the molecule is CN=C(NCC1CCN(CCOC)CC1)NC(C)c1ccccc1Br. The van der Waals surface area contributed by atoms with Crippen molar-refractivity contribution >= 4 is 21.9 Å². The molecule has 0 radical (unpaired) electrons. The molecule has 0 saturated carbocycles. The number of methoxy groups -OCH3 is 1. The molecule has 1 aliphatic heterocycles. The van der Waals surface area contributed by atoms with Gasteiger partial charge in [0.2, 0.25) is 0 Å². The van der Waals surface area contributed by atoms with E-state index >= 15 is 0 Å². The molecule has 0 bridgehead atoms. The third-order valence-corrected chi connectivity index (χ3v) is 5.55. The first kappa shape index (κ1) is 20.2. The van der Waals surface area contributed by atoms with Crippen molar-refractivity contribution in [2.24, 2.45) is 10.9 Å². The number of likely N-dealkylation sites (tertiary alicyclic amines) is 1. The van der Waals surface area contributed by atoms with Crippen LogP contribution in [0.25, 0.3) is 0 Å². The number of piperidine rings is 1. The topological polar surface area (TPSA) is 48.9 Å². The molecule has 140 valence electrons. The molecular formula is C19H31BrN4O. The van der Waals surface area contributed by atoms with Crippen LogP contribution in [-0.4, -0.2) is 57.8 Å². The van der Waals surface area contributed by atoms with Gasteiger partial charge in [-0.1, -0.05) is 34.1 Å². The van der Waals surface area contributed by atoms with Crippen LogP contribution in [0.2, 0.25) is 0 Å². The number of ether oxygens (including phenoxy) is 1. The second-order valence-corrected chi connectivity index (χ2v) is 7.47. The molecule has 1 aromatic carbocycles. The average molecular weight is 411 g/mol. The molecule has 1 aliphatic rings. The van der Waals surface area contributed by atoms with Gasteiger partial charge >= 0.3 is 0 Å². The fraction of sp³-hybridized carbons (Fsp3) is 0.632. The largest absolute Gasteiger partial charge is 0.383 e. The number of hydrogen-bond donors (Lipinski definition) is 2. The Morgan fingerprint density at radius 3 is 2.72 bits per heavy atom. The second kappa shape index (κ2) is 10.8. The fourth-order valence-electron chi connectivity index (χ4n) is 3.18. The molecule has 1 heterocycles. The van der Waals surface area contributed by atoms with Gasteiger partial charge in [-0.15, -0.1) is 0 Å². The van der Waals surface area contributed by atoms with Crippen molar-refractivity contribution in [3.63, 3.8) is 0 Å². The minimum atomic E-state index is 0.192. The summed E-state index contributed by atoms with van der Waals surface area (Å²) in [7, 11) is 3.60. The highest BCUT2D eigenvalue weighted by Gasteiger charge is 2.19. The number of benzene rings is 1. The predicted molar refractivity (Wildman–Crippen MR) is 108 cm³/mol. The van der Waals surface area contributed by atoms with Crippen molar-refractivity contribution in [2.45, 2.75) is 25.8 Å². The Kier molecular flexibility index (Phi) is 8.72. The smallest absolute Gasteiger partial charge is 0.191 e. The van der Waals surface area contributed by atoms with Crippen molar-refractivity contribution in [3.8, 4) is 0 Å². The highest BCUT2D eigenvalue weighted by molar-refractivity contribution is 9.10. The average Bonchev–Trinajstić information content (AvgIpc) is 2.64. The van der Waals surface area contributed by atoms with Gasteiger partial charge in [-0.2, -0.15) is 0 Å². The molecule has 2 N–H and O–H groups in total. The molecule has 1 unspecified atom stereocenters. The lowest BCUT2D eigenvalue weighted by Crippen LogP contribution is -2.44. The van der Waals surface area contributed by atoms with Crippen LogP contribution in [0.15, 0.2) is 33.7 Å². The van der Waals surface area contributed by atoms with E-state index in [1.807, 2.05) is 13.1 Å². The van der Waals surface area contributed by atoms with E-state index in [1.54, 1.807) is 7.11 Å². The van der Waals surface area contributed by atoms with E-state index in [0.29, 0.717) is 5.92 Å². The Hall–Kier alpha value is -1.11. The molecule has 0 aromatic heterocycles. The van der Waals surface area contributed by atoms with Crippen molar-refractivity contribution in [1.29, 1.82) is 0 Å². The van der Waals surface area contributed by atoms with Crippen molar-refractivity contribution < 1.29 is 4.74 Å². The van der Waals surface area contributed by atoms with Gasteiger partial charge in [-0.05, 0) is 50.4 Å². The maximum Gasteiger partial charge on any atom is 0.191 e. The van der Waals surface area contributed by atoms with Crippen molar-refractivity contribution in [2.75, 3.05) is 46.9 Å². The number of rotatable bonds is 7. The summed E-state index contributed by atoms with van der Waals surface area (Å²) in [6.07, 6.45) is 2.46. The summed E-state index contributed by atoms with van der Waals surface area (Å²) < 4.78 is 6.28. The van der Waals surface area contributed by atoms with Crippen LogP contribution in [0.4, 0.5) is 0 Å². The lowest BCUT2D eigenvalue weighted by molar-refractivity contribution is 0.121. The summed E-state index contributed by atoms with van der Waals surface area (Å²) in [4.78, 5) is 6.86. The molecule has 25 heavy (non-hydrogen) atoms. The molecule has 6 heteroatoms. The van der Waals surface area contributed by atoms with Gasteiger partial charge in [-0.3, -0.25) is 4.99 Å². The standard InChI is InChI=1S/C19H31BrN4O/c1-15(17-6-4-5-7-18(17)20)23-19(21-2)22-14-16-8-10-24(11-9-16)12-13-25-3/h4-7,15-16H,8-14H2,1-3H3,(H2,21,22,23). The first-order valence-electron chi connectivity index (χ1n) is 9.07. The lowest BCUT2D eigenvalue weighted by Gasteiger charge is -2.32. The predicted octanol–water partition coefficient (Wildman–Crippen LogP) is 3.03. The number of nitrogens with zero attached hydrogens (tertiary/aromatic N) is 2. The monoisotopic (exact) mass is 410 g/mol. The number of nitrogens with one attached hydrogen (secondary N) is 2. The Morgan fingerprint density at radius 1 is 1.36 bits per heavy atom. The molecule has 1 saturated heterocycles. The van der Waals surface area contributed by atoms with Gasteiger partial charge in [-0.25, -0.2) is 0 Å². The third-order valence-electron chi connectivity index (χ3n) is 4.83. The van der Waals surface area contributed by atoms with E-state index in [-0.39, 0.29) is 6.04 Å². The molecule has 2 rings (SSSR count). The molecule has 0 amide bonds. The summed E-state index contributed by atoms with van der Waals surface area (Å²) in [6.45, 7) is 7.32. The Bertz CT molecular complexity index is 544. The van der Waals surface area contributed by atoms with Crippen LogP contribution in [0, 0.1) is 5.92 Å². The van der Waals surface area contributed by atoms with Crippen molar-refractivity contribution in [1.82, 2.24) is 15.5 Å². The normalized spacial score (nSPS) is 18.2. The first-order chi connectivity index (χ1) is 12.1. The van der Waals surface area contributed by atoms with Crippen LogP contribution in [0.5, 0.6) is 0 Å². The first-order valence-corrected chi connectivity index (χ1v) is 9.86. The molecule has 0 aliphatic carbocycles. The summed E-state index contributed by atoms with van der Waals surface area (Å²) in [5, 5.41) is 6.98. The summed E-state index contributed by atoms with van der Waals surface area (Å²) >= 11 is 3.62. The number of halogens is 1. The van der Waals surface area contributed by atoms with E-state index < -0.39 is 0 Å². The maximum atomic E-state index is 5.17.